The molecule has 1 aromatic carbocycles. The van der Waals surface area contributed by atoms with E-state index in [-0.39, 0.29) is 18.7 Å². The third kappa shape index (κ3) is 7.22. The molecule has 12 nitrogen and oxygen atoms in total. The number of aromatic amines is 1. The van der Waals surface area contributed by atoms with Gasteiger partial charge in [-0.2, -0.15) is 12.6 Å². The number of aliphatic carboxylic acids is 1. The zero-order chi connectivity index (χ0) is 24.5. The lowest BCUT2D eigenvalue weighted by Gasteiger charge is -2.23. The minimum Gasteiger partial charge on any atom is -0.480 e. The van der Waals surface area contributed by atoms with Crippen molar-refractivity contribution in [2.24, 2.45) is 11.5 Å². The molecule has 0 fully saturated rings. The highest BCUT2D eigenvalue weighted by molar-refractivity contribution is 7.80. The zero-order valence-electron chi connectivity index (χ0n) is 17.5. The van der Waals surface area contributed by atoms with Gasteiger partial charge in [0.1, 0.15) is 18.1 Å². The highest BCUT2D eigenvalue weighted by atomic mass is 32.1. The summed E-state index contributed by atoms with van der Waals surface area (Å²) in [6.07, 6.45) is 1.04. The minimum atomic E-state index is -1.57. The van der Waals surface area contributed by atoms with Crippen LogP contribution < -0.4 is 27.4 Å². The maximum Gasteiger partial charge on any atom is 0.326 e. The number of amides is 4. The van der Waals surface area contributed by atoms with Crippen LogP contribution in [0.2, 0.25) is 0 Å². The molecule has 9 N–H and O–H groups in total. The summed E-state index contributed by atoms with van der Waals surface area (Å²) in [7, 11) is 0. The molecule has 13 heteroatoms. The van der Waals surface area contributed by atoms with Crippen molar-refractivity contribution >= 4 is 53.1 Å². The second-order valence-electron chi connectivity index (χ2n) is 7.20. The number of rotatable bonds is 12. The fourth-order valence-corrected chi connectivity index (χ4v) is 3.38. The van der Waals surface area contributed by atoms with E-state index >= 15 is 0 Å². The molecule has 0 radical (unpaired) electrons. The highest BCUT2D eigenvalue weighted by Crippen LogP contribution is 2.19. The molecule has 0 aliphatic heterocycles. The van der Waals surface area contributed by atoms with Crippen molar-refractivity contribution in [3.8, 4) is 0 Å². The third-order valence-corrected chi connectivity index (χ3v) is 5.14. The van der Waals surface area contributed by atoms with Crippen LogP contribution in [0.5, 0.6) is 0 Å². The number of thiol groups is 1. The molecule has 33 heavy (non-hydrogen) atoms. The minimum absolute atomic E-state index is 0.00533. The SMILES string of the molecule is NCC(=O)NC(CS)C(=O)NC(Cc1c[nH]c2ccccc12)C(=O)NC(CC(N)=O)C(=O)O. The smallest absolute Gasteiger partial charge is 0.326 e. The Balaban J connectivity index is 2.29. The van der Waals surface area contributed by atoms with Crippen molar-refractivity contribution in [1.82, 2.24) is 20.9 Å². The van der Waals surface area contributed by atoms with Crippen LogP contribution in [0.1, 0.15) is 12.0 Å². The van der Waals surface area contributed by atoms with Crippen molar-refractivity contribution in [2.75, 3.05) is 12.3 Å². The number of nitrogens with two attached hydrogens (primary N) is 2. The molecule has 3 unspecified atom stereocenters. The van der Waals surface area contributed by atoms with Crippen molar-refractivity contribution in [1.29, 1.82) is 0 Å². The van der Waals surface area contributed by atoms with Gasteiger partial charge in [-0.1, -0.05) is 18.2 Å². The number of nitrogens with one attached hydrogen (secondary N) is 4. The number of carboxylic acid groups (broad SMARTS) is 1. The summed E-state index contributed by atoms with van der Waals surface area (Å²) in [5.74, 6) is -4.59. The largest absolute Gasteiger partial charge is 0.480 e. The molecule has 4 amide bonds. The number of benzene rings is 1. The Morgan fingerprint density at radius 1 is 1.00 bits per heavy atom. The zero-order valence-corrected chi connectivity index (χ0v) is 18.4. The number of carboxylic acids is 1. The van der Waals surface area contributed by atoms with Gasteiger partial charge in [0, 0.05) is 29.3 Å². The van der Waals surface area contributed by atoms with Crippen LogP contribution in [-0.2, 0) is 30.4 Å². The van der Waals surface area contributed by atoms with Crippen LogP contribution in [0.25, 0.3) is 10.9 Å². The van der Waals surface area contributed by atoms with Gasteiger partial charge in [0.25, 0.3) is 0 Å². The molecule has 2 rings (SSSR count). The van der Waals surface area contributed by atoms with Crippen molar-refractivity contribution in [2.45, 2.75) is 31.0 Å². The molecule has 1 aromatic heterocycles. The summed E-state index contributed by atoms with van der Waals surface area (Å²) in [6, 6.07) is 3.40. The van der Waals surface area contributed by atoms with Gasteiger partial charge < -0.3 is 37.5 Å². The molecule has 0 saturated carbocycles. The second kappa shape index (κ2) is 11.9. The number of para-hydroxylation sites is 1. The van der Waals surface area contributed by atoms with Crippen molar-refractivity contribution in [3.05, 3.63) is 36.0 Å². The molecule has 0 aliphatic carbocycles. The number of hydrogen-bond acceptors (Lipinski definition) is 7. The first kappa shape index (κ1) is 25.7. The van der Waals surface area contributed by atoms with E-state index in [1.165, 1.54) is 0 Å². The summed E-state index contributed by atoms with van der Waals surface area (Å²) >= 11 is 4.05. The monoisotopic (exact) mass is 478 g/mol. The molecule has 0 aliphatic rings. The molecular weight excluding hydrogens is 452 g/mol. The average molecular weight is 479 g/mol. The van der Waals surface area contributed by atoms with E-state index < -0.39 is 54.1 Å². The van der Waals surface area contributed by atoms with Gasteiger partial charge in [-0.05, 0) is 11.6 Å². The molecule has 1 heterocycles. The van der Waals surface area contributed by atoms with Crippen molar-refractivity contribution < 1.29 is 29.1 Å². The number of carbonyl (C=O) groups is 5. The molecule has 0 spiro atoms. The summed E-state index contributed by atoms with van der Waals surface area (Å²) in [6.45, 7) is -0.343. The Labute approximate surface area is 194 Å². The number of aromatic nitrogens is 1. The van der Waals surface area contributed by atoms with Crippen molar-refractivity contribution in [3.63, 3.8) is 0 Å². The van der Waals surface area contributed by atoms with E-state index in [0.29, 0.717) is 5.56 Å². The summed E-state index contributed by atoms with van der Waals surface area (Å²) < 4.78 is 0. The maximum atomic E-state index is 12.9. The van der Waals surface area contributed by atoms with E-state index in [2.05, 4.69) is 33.6 Å². The maximum absolute atomic E-state index is 12.9. The van der Waals surface area contributed by atoms with Crippen LogP contribution in [0.15, 0.2) is 30.5 Å². The Morgan fingerprint density at radius 3 is 2.24 bits per heavy atom. The summed E-state index contributed by atoms with van der Waals surface area (Å²) in [4.78, 5) is 62.9. The third-order valence-electron chi connectivity index (χ3n) is 4.77. The molecule has 0 saturated heterocycles. The van der Waals surface area contributed by atoms with E-state index in [4.69, 9.17) is 11.5 Å². The predicted octanol–water partition coefficient (Wildman–Crippen LogP) is -1.99. The highest BCUT2D eigenvalue weighted by Gasteiger charge is 2.30. The van der Waals surface area contributed by atoms with E-state index in [1.807, 2.05) is 18.2 Å². The first-order valence-electron chi connectivity index (χ1n) is 9.93. The van der Waals surface area contributed by atoms with Gasteiger partial charge in [0.15, 0.2) is 0 Å². The quantitative estimate of drug-likeness (QED) is 0.161. The van der Waals surface area contributed by atoms with Gasteiger partial charge in [0.05, 0.1) is 13.0 Å². The fourth-order valence-electron chi connectivity index (χ4n) is 3.12. The average Bonchev–Trinajstić information content (AvgIpc) is 3.18. The number of carbonyl (C=O) groups excluding carboxylic acids is 4. The first-order chi connectivity index (χ1) is 15.7. The van der Waals surface area contributed by atoms with Gasteiger partial charge in [-0.15, -0.1) is 0 Å². The number of H-pyrrole nitrogens is 1. The Kier molecular flexibility index (Phi) is 9.24. The topological polar surface area (TPSA) is 209 Å². The Morgan fingerprint density at radius 2 is 1.64 bits per heavy atom. The summed E-state index contributed by atoms with van der Waals surface area (Å²) in [5, 5.41) is 17.2. The van der Waals surface area contributed by atoms with Gasteiger partial charge in [-0.3, -0.25) is 19.2 Å². The lowest BCUT2D eigenvalue weighted by molar-refractivity contribution is -0.143. The number of primary amides is 1. The Bertz CT molecular complexity index is 1040. The van der Waals surface area contributed by atoms with Gasteiger partial charge in [0.2, 0.25) is 23.6 Å². The fraction of sp³-hybridized carbons (Fsp3) is 0.350. The molecule has 3 atom stereocenters. The first-order valence-corrected chi connectivity index (χ1v) is 10.6. The molecule has 178 valence electrons. The van der Waals surface area contributed by atoms with E-state index in [0.717, 1.165) is 10.9 Å². The second-order valence-corrected chi connectivity index (χ2v) is 7.57. The lowest BCUT2D eigenvalue weighted by atomic mass is 10.0. The van der Waals surface area contributed by atoms with Crippen LogP contribution in [0, 0.1) is 0 Å². The number of fused-ring (bicyclic) bond motifs is 1. The van der Waals surface area contributed by atoms with Gasteiger partial charge >= 0.3 is 5.97 Å². The lowest BCUT2D eigenvalue weighted by Crippen LogP contribution is -2.57. The van der Waals surface area contributed by atoms with E-state index in [9.17, 15) is 29.1 Å². The molecule has 0 bridgehead atoms. The molecular formula is C20H26N6O6S. The number of hydrogen-bond donors (Lipinski definition) is 8. The Hall–Kier alpha value is -3.58. The normalized spacial score (nSPS) is 13.5. The standard InChI is InChI=1S/C20H26N6O6S/c21-7-17(28)24-15(9-33)19(30)25-13(18(29)26-14(20(31)32)6-16(22)27)5-10-8-23-12-4-2-1-3-11(10)12/h1-4,8,13-15,23,33H,5-7,9,21H2,(H2,22,27)(H,24,28)(H,25,30)(H,26,29)(H,31,32). The van der Waals surface area contributed by atoms with Crippen LogP contribution in [0.4, 0.5) is 0 Å². The van der Waals surface area contributed by atoms with Crippen LogP contribution in [0.3, 0.4) is 0 Å². The van der Waals surface area contributed by atoms with Gasteiger partial charge in [-0.25, -0.2) is 4.79 Å². The van der Waals surface area contributed by atoms with E-state index in [1.54, 1.807) is 12.3 Å². The summed E-state index contributed by atoms with van der Waals surface area (Å²) in [5.41, 5.74) is 11.8. The predicted molar refractivity (Wildman–Crippen MR) is 122 cm³/mol. The van der Waals surface area contributed by atoms with Crippen LogP contribution >= 0.6 is 12.6 Å². The molecule has 2 aromatic rings. The van der Waals surface area contributed by atoms with Crippen LogP contribution in [-0.4, -0.2) is 70.1 Å².